The highest BCUT2D eigenvalue weighted by Gasteiger charge is 2.26. The topological polar surface area (TPSA) is 119 Å². The zero-order valence-electron chi connectivity index (χ0n) is 18.7. The quantitative estimate of drug-likeness (QED) is 0.457. The summed E-state index contributed by atoms with van der Waals surface area (Å²) >= 11 is 6.55. The largest absolute Gasteiger partial charge is 0.496 e. The van der Waals surface area contributed by atoms with E-state index in [4.69, 9.17) is 26.8 Å². The van der Waals surface area contributed by atoms with Crippen LogP contribution in [0, 0.1) is 5.82 Å². The number of aromatic nitrogens is 1. The molecule has 3 aromatic rings. The molecule has 1 aliphatic rings. The standard InChI is InChI=1S/C23H23ClFN5O4/c1-30(2)20-19(24)16(29-23(32)28-11-4-5-11)9-14(25)21(20)34-17-6-7-27-15-10-18(33-3)13(22(26)31)8-12(15)17/h6-11H,4-5H2,1-3H3,(H2,26,31)(H2,28,29,32). The Labute approximate surface area is 200 Å². The van der Waals surface area contributed by atoms with Gasteiger partial charge in [0.2, 0.25) is 0 Å². The summed E-state index contributed by atoms with van der Waals surface area (Å²) in [7, 11) is 4.75. The number of methoxy groups -OCH3 is 1. The summed E-state index contributed by atoms with van der Waals surface area (Å²) in [6.07, 6.45) is 3.30. The zero-order valence-corrected chi connectivity index (χ0v) is 19.5. The summed E-state index contributed by atoms with van der Waals surface area (Å²) in [6, 6.07) is 5.31. The fourth-order valence-corrected chi connectivity index (χ4v) is 3.82. The summed E-state index contributed by atoms with van der Waals surface area (Å²) in [5.74, 6) is -1.12. The number of amides is 3. The molecule has 1 aliphatic carbocycles. The van der Waals surface area contributed by atoms with Gasteiger partial charge in [-0.3, -0.25) is 9.78 Å². The smallest absolute Gasteiger partial charge is 0.319 e. The van der Waals surface area contributed by atoms with E-state index in [9.17, 15) is 9.59 Å². The molecule has 2 aromatic carbocycles. The predicted molar refractivity (Wildman–Crippen MR) is 128 cm³/mol. The van der Waals surface area contributed by atoms with Crippen LogP contribution in [0.5, 0.6) is 17.2 Å². The second-order valence-corrected chi connectivity index (χ2v) is 8.39. The Hall–Kier alpha value is -3.79. The van der Waals surface area contributed by atoms with Gasteiger partial charge < -0.3 is 30.7 Å². The molecule has 1 fully saturated rings. The van der Waals surface area contributed by atoms with E-state index in [0.717, 1.165) is 18.9 Å². The third-order valence-corrected chi connectivity index (χ3v) is 5.64. The Kier molecular flexibility index (Phi) is 6.34. The minimum Gasteiger partial charge on any atom is -0.496 e. The number of nitrogens with zero attached hydrogens (tertiary/aromatic N) is 2. The van der Waals surface area contributed by atoms with Crippen molar-refractivity contribution in [1.82, 2.24) is 10.3 Å². The average molecular weight is 488 g/mol. The Morgan fingerprint density at radius 3 is 2.59 bits per heavy atom. The lowest BCUT2D eigenvalue weighted by atomic mass is 10.1. The molecule has 178 valence electrons. The summed E-state index contributed by atoms with van der Waals surface area (Å²) in [4.78, 5) is 29.9. The van der Waals surface area contributed by atoms with Crippen LogP contribution in [0.3, 0.4) is 0 Å². The van der Waals surface area contributed by atoms with Gasteiger partial charge in [0, 0.05) is 43.9 Å². The van der Waals surface area contributed by atoms with Crippen molar-refractivity contribution in [3.63, 3.8) is 0 Å². The van der Waals surface area contributed by atoms with E-state index in [1.54, 1.807) is 25.1 Å². The van der Waals surface area contributed by atoms with E-state index >= 15 is 4.39 Å². The number of pyridine rings is 1. The first kappa shape index (κ1) is 23.4. The first-order chi connectivity index (χ1) is 16.2. The third-order valence-electron chi connectivity index (χ3n) is 5.26. The lowest BCUT2D eigenvalue weighted by Crippen LogP contribution is -2.30. The molecule has 0 saturated heterocycles. The monoisotopic (exact) mass is 487 g/mol. The van der Waals surface area contributed by atoms with E-state index in [1.807, 2.05) is 0 Å². The van der Waals surface area contributed by atoms with Gasteiger partial charge in [-0.1, -0.05) is 11.6 Å². The van der Waals surface area contributed by atoms with Crippen LogP contribution in [0.2, 0.25) is 5.02 Å². The molecule has 34 heavy (non-hydrogen) atoms. The van der Waals surface area contributed by atoms with E-state index in [0.29, 0.717) is 10.9 Å². The van der Waals surface area contributed by atoms with Crippen molar-refractivity contribution >= 4 is 45.8 Å². The van der Waals surface area contributed by atoms with Crippen LogP contribution < -0.4 is 30.7 Å². The normalized spacial score (nSPS) is 12.9. The number of primary amides is 1. The van der Waals surface area contributed by atoms with E-state index in [-0.39, 0.29) is 45.3 Å². The minimum absolute atomic E-state index is 0.102. The number of benzene rings is 2. The van der Waals surface area contributed by atoms with E-state index in [2.05, 4.69) is 15.6 Å². The number of hydrogen-bond donors (Lipinski definition) is 3. The van der Waals surface area contributed by atoms with Gasteiger partial charge in [-0.15, -0.1) is 0 Å². The highest BCUT2D eigenvalue weighted by Crippen LogP contribution is 2.45. The van der Waals surface area contributed by atoms with Crippen LogP contribution in [0.4, 0.5) is 20.6 Å². The van der Waals surface area contributed by atoms with Crippen LogP contribution in [0.1, 0.15) is 23.2 Å². The fraction of sp³-hybridized carbons (Fsp3) is 0.261. The van der Waals surface area contributed by atoms with Crippen LogP contribution in [0.25, 0.3) is 10.9 Å². The highest BCUT2D eigenvalue weighted by molar-refractivity contribution is 6.36. The number of fused-ring (bicyclic) bond motifs is 1. The fourth-order valence-electron chi connectivity index (χ4n) is 3.46. The maximum Gasteiger partial charge on any atom is 0.319 e. The van der Waals surface area contributed by atoms with Crippen LogP contribution in [0.15, 0.2) is 30.5 Å². The van der Waals surface area contributed by atoms with Gasteiger partial charge in [0.25, 0.3) is 5.91 Å². The van der Waals surface area contributed by atoms with Crippen molar-refractivity contribution < 1.29 is 23.5 Å². The second-order valence-electron chi connectivity index (χ2n) is 8.01. The molecule has 4 N–H and O–H groups in total. The summed E-state index contributed by atoms with van der Waals surface area (Å²) in [5.41, 5.74) is 6.38. The molecule has 4 rings (SSSR count). The second kappa shape index (κ2) is 9.22. The van der Waals surface area contributed by atoms with Gasteiger partial charge in [-0.25, -0.2) is 9.18 Å². The number of nitrogens with two attached hydrogens (primary N) is 1. The highest BCUT2D eigenvalue weighted by atomic mass is 35.5. The number of ether oxygens (including phenoxy) is 2. The number of anilines is 2. The van der Waals surface area contributed by atoms with Crippen LogP contribution in [-0.4, -0.2) is 44.2 Å². The number of hydrogen-bond acceptors (Lipinski definition) is 6. The molecule has 0 aliphatic heterocycles. The lowest BCUT2D eigenvalue weighted by Gasteiger charge is -2.22. The molecule has 0 spiro atoms. The van der Waals surface area contributed by atoms with E-state index in [1.165, 1.54) is 25.4 Å². The van der Waals surface area contributed by atoms with Gasteiger partial charge >= 0.3 is 6.03 Å². The van der Waals surface area contributed by atoms with Crippen molar-refractivity contribution in [3.8, 4) is 17.2 Å². The molecule has 0 unspecified atom stereocenters. The Morgan fingerprint density at radius 1 is 1.24 bits per heavy atom. The summed E-state index contributed by atoms with van der Waals surface area (Å²) in [6.45, 7) is 0. The number of carbonyl (C=O) groups excluding carboxylic acids is 2. The predicted octanol–water partition coefficient (Wildman–Crippen LogP) is 4.28. The number of rotatable bonds is 7. The number of nitrogens with one attached hydrogen (secondary N) is 2. The Bertz CT molecular complexity index is 1300. The van der Waals surface area contributed by atoms with Crippen LogP contribution >= 0.6 is 11.6 Å². The molecule has 1 saturated carbocycles. The molecule has 0 atom stereocenters. The van der Waals surface area contributed by atoms with Gasteiger partial charge in [0.05, 0.1) is 28.9 Å². The summed E-state index contributed by atoms with van der Waals surface area (Å²) < 4.78 is 26.5. The molecule has 11 heteroatoms. The molecule has 3 amide bonds. The lowest BCUT2D eigenvalue weighted by molar-refractivity contribution is 0.0997. The molecule has 0 bridgehead atoms. The first-order valence-corrected chi connectivity index (χ1v) is 10.8. The average Bonchev–Trinajstić information content (AvgIpc) is 3.59. The number of halogens is 2. The van der Waals surface area contributed by atoms with Gasteiger partial charge in [0.1, 0.15) is 17.2 Å². The molecular weight excluding hydrogens is 465 g/mol. The maximum atomic E-state index is 15.3. The SMILES string of the molecule is COc1cc2nccc(Oc3c(F)cc(NC(=O)NC4CC4)c(Cl)c3N(C)C)c2cc1C(N)=O. The molecule has 1 heterocycles. The van der Waals surface area contributed by atoms with Crippen LogP contribution in [-0.2, 0) is 0 Å². The van der Waals surface area contributed by atoms with Gasteiger partial charge in [-0.05, 0) is 25.0 Å². The third kappa shape index (κ3) is 4.62. The molecule has 0 radical (unpaired) electrons. The first-order valence-electron chi connectivity index (χ1n) is 10.4. The Balaban J connectivity index is 1.77. The molecule has 9 nitrogen and oxygen atoms in total. The van der Waals surface area contributed by atoms with Crippen molar-refractivity contribution in [2.24, 2.45) is 5.73 Å². The van der Waals surface area contributed by atoms with Gasteiger partial charge in [-0.2, -0.15) is 0 Å². The van der Waals surface area contributed by atoms with Crippen molar-refractivity contribution in [3.05, 3.63) is 46.9 Å². The minimum atomic E-state index is -0.747. The number of carbonyl (C=O) groups is 2. The Morgan fingerprint density at radius 2 is 1.97 bits per heavy atom. The number of urea groups is 1. The van der Waals surface area contributed by atoms with Crippen molar-refractivity contribution in [1.29, 1.82) is 0 Å². The van der Waals surface area contributed by atoms with Gasteiger partial charge in [0.15, 0.2) is 11.6 Å². The summed E-state index contributed by atoms with van der Waals surface area (Å²) in [5, 5.41) is 5.88. The molecular formula is C23H23ClFN5O4. The van der Waals surface area contributed by atoms with Crippen molar-refractivity contribution in [2.45, 2.75) is 18.9 Å². The molecule has 1 aromatic heterocycles. The van der Waals surface area contributed by atoms with Crippen molar-refractivity contribution in [2.75, 3.05) is 31.4 Å². The van der Waals surface area contributed by atoms with E-state index < -0.39 is 17.8 Å². The maximum absolute atomic E-state index is 15.3. The zero-order chi connectivity index (χ0) is 24.6.